The van der Waals surface area contributed by atoms with E-state index in [-0.39, 0.29) is 6.09 Å². The van der Waals surface area contributed by atoms with Crippen LogP contribution in [0.25, 0.3) is 0 Å². The van der Waals surface area contributed by atoms with Gasteiger partial charge in [0, 0.05) is 31.5 Å². The molecule has 39 heavy (non-hydrogen) atoms. The Morgan fingerprint density at radius 2 is 1.85 bits per heavy atom. The van der Waals surface area contributed by atoms with Crippen LogP contribution in [0.5, 0.6) is 5.75 Å². The van der Waals surface area contributed by atoms with Crippen molar-refractivity contribution >= 4 is 34.9 Å². The van der Waals surface area contributed by atoms with Crippen LogP contribution < -0.4 is 21.1 Å². The monoisotopic (exact) mass is 536 g/mol. The Morgan fingerprint density at radius 3 is 2.54 bits per heavy atom. The van der Waals surface area contributed by atoms with E-state index in [2.05, 4.69) is 25.7 Å². The van der Waals surface area contributed by atoms with Crippen molar-refractivity contribution < 1.29 is 14.3 Å². The van der Waals surface area contributed by atoms with Crippen molar-refractivity contribution in [3.05, 3.63) is 42.9 Å². The number of nitrogen functional groups attached to an aromatic ring is 1. The van der Waals surface area contributed by atoms with E-state index < -0.39 is 5.60 Å². The van der Waals surface area contributed by atoms with Gasteiger partial charge in [0.05, 0.1) is 30.4 Å². The van der Waals surface area contributed by atoms with E-state index in [1.807, 2.05) is 67.7 Å². The van der Waals surface area contributed by atoms with Crippen molar-refractivity contribution in [2.24, 2.45) is 5.92 Å². The van der Waals surface area contributed by atoms with E-state index in [1.165, 1.54) is 0 Å². The SMILES string of the molecule is CCOc1ccc(Nc2nc(Nc3cnn(CCCC4CCN(C(=O)OC(C)(C)C)CC4)c3)ncc2N)cc1. The summed E-state index contributed by atoms with van der Waals surface area (Å²) >= 11 is 0. The highest BCUT2D eigenvalue weighted by Gasteiger charge is 2.26. The fourth-order valence-corrected chi connectivity index (χ4v) is 4.44. The Bertz CT molecular complexity index is 1210. The summed E-state index contributed by atoms with van der Waals surface area (Å²) in [7, 11) is 0. The van der Waals surface area contributed by atoms with Crippen molar-refractivity contribution in [1.82, 2.24) is 24.6 Å². The van der Waals surface area contributed by atoms with Gasteiger partial charge in [0.25, 0.3) is 0 Å². The van der Waals surface area contributed by atoms with Gasteiger partial charge >= 0.3 is 6.09 Å². The second-order valence-corrected chi connectivity index (χ2v) is 10.8. The summed E-state index contributed by atoms with van der Waals surface area (Å²) in [5.74, 6) is 2.36. The van der Waals surface area contributed by atoms with Crippen molar-refractivity contribution in [1.29, 1.82) is 0 Å². The average Bonchev–Trinajstić information content (AvgIpc) is 3.34. The summed E-state index contributed by atoms with van der Waals surface area (Å²) in [5, 5.41) is 10.9. The van der Waals surface area contributed by atoms with Crippen molar-refractivity contribution in [2.75, 3.05) is 36.1 Å². The number of piperidine rings is 1. The summed E-state index contributed by atoms with van der Waals surface area (Å²) in [6, 6.07) is 7.61. The van der Waals surface area contributed by atoms with Crippen LogP contribution in [0.3, 0.4) is 0 Å². The number of aryl methyl sites for hydroxylation is 1. The summed E-state index contributed by atoms with van der Waals surface area (Å²) in [6.45, 7) is 10.6. The van der Waals surface area contributed by atoms with Gasteiger partial charge in [-0.15, -0.1) is 0 Å². The van der Waals surface area contributed by atoms with E-state index in [9.17, 15) is 4.79 Å². The predicted octanol–water partition coefficient (Wildman–Crippen LogP) is 5.57. The minimum atomic E-state index is -0.457. The molecule has 11 heteroatoms. The lowest BCUT2D eigenvalue weighted by atomic mass is 9.92. The maximum absolute atomic E-state index is 12.3. The Kier molecular flexibility index (Phi) is 9.11. The molecule has 1 amide bonds. The summed E-state index contributed by atoms with van der Waals surface area (Å²) in [6.07, 6.45) is 9.22. The smallest absolute Gasteiger partial charge is 0.410 e. The number of benzene rings is 1. The number of aromatic nitrogens is 4. The third-order valence-corrected chi connectivity index (χ3v) is 6.40. The minimum absolute atomic E-state index is 0.207. The number of carbonyl (C=O) groups is 1. The number of hydrogen-bond acceptors (Lipinski definition) is 9. The van der Waals surface area contributed by atoms with E-state index in [1.54, 1.807) is 12.4 Å². The van der Waals surface area contributed by atoms with Gasteiger partial charge in [0.15, 0.2) is 5.82 Å². The fraction of sp³-hybridized carbons (Fsp3) is 0.500. The molecule has 4 rings (SSSR count). The quantitative estimate of drug-likeness (QED) is 0.304. The molecule has 0 aliphatic carbocycles. The number of nitrogens with two attached hydrogens (primary N) is 1. The number of amides is 1. The zero-order valence-electron chi connectivity index (χ0n) is 23.3. The number of anilines is 5. The molecule has 3 aromatic rings. The van der Waals surface area contributed by atoms with Gasteiger partial charge in [-0.2, -0.15) is 10.1 Å². The fourth-order valence-electron chi connectivity index (χ4n) is 4.44. The predicted molar refractivity (Wildman–Crippen MR) is 153 cm³/mol. The largest absolute Gasteiger partial charge is 0.494 e. The molecule has 0 spiro atoms. The van der Waals surface area contributed by atoms with E-state index in [0.29, 0.717) is 30.0 Å². The second-order valence-electron chi connectivity index (χ2n) is 10.8. The number of rotatable bonds is 10. The van der Waals surface area contributed by atoms with E-state index in [0.717, 1.165) is 62.4 Å². The second kappa shape index (κ2) is 12.7. The Hall–Kier alpha value is -4.02. The molecule has 3 heterocycles. The first-order valence-electron chi connectivity index (χ1n) is 13.6. The highest BCUT2D eigenvalue weighted by molar-refractivity contribution is 5.70. The molecular formula is C28H40N8O3. The van der Waals surface area contributed by atoms with Gasteiger partial charge < -0.3 is 30.7 Å². The molecule has 0 radical (unpaired) electrons. The number of carbonyl (C=O) groups excluding carboxylic acids is 1. The van der Waals surface area contributed by atoms with Gasteiger partial charge in [-0.1, -0.05) is 0 Å². The topological polar surface area (TPSA) is 132 Å². The molecule has 1 saturated heterocycles. The summed E-state index contributed by atoms with van der Waals surface area (Å²) < 4.78 is 12.9. The highest BCUT2D eigenvalue weighted by atomic mass is 16.6. The Balaban J connectivity index is 1.22. The lowest BCUT2D eigenvalue weighted by Crippen LogP contribution is -2.41. The van der Waals surface area contributed by atoms with Gasteiger partial charge in [0.2, 0.25) is 5.95 Å². The van der Waals surface area contributed by atoms with Crippen molar-refractivity contribution in [3.63, 3.8) is 0 Å². The molecule has 2 aromatic heterocycles. The molecule has 1 aliphatic heterocycles. The van der Waals surface area contributed by atoms with Gasteiger partial charge in [-0.05, 0) is 83.6 Å². The lowest BCUT2D eigenvalue weighted by molar-refractivity contribution is 0.0180. The first kappa shape index (κ1) is 28.0. The van der Waals surface area contributed by atoms with Crippen molar-refractivity contribution in [3.8, 4) is 5.75 Å². The zero-order chi connectivity index (χ0) is 27.8. The van der Waals surface area contributed by atoms with Crippen LogP contribution in [0.1, 0.15) is 53.4 Å². The average molecular weight is 537 g/mol. The molecule has 4 N–H and O–H groups in total. The van der Waals surface area contributed by atoms with E-state index >= 15 is 0 Å². The third kappa shape index (κ3) is 8.49. The van der Waals surface area contributed by atoms with E-state index in [4.69, 9.17) is 15.2 Å². The molecule has 0 bridgehead atoms. The van der Waals surface area contributed by atoms with Gasteiger partial charge in [-0.3, -0.25) is 4.68 Å². The van der Waals surface area contributed by atoms with Crippen LogP contribution in [0, 0.1) is 5.92 Å². The first-order valence-corrected chi connectivity index (χ1v) is 13.6. The number of ether oxygens (including phenoxy) is 2. The maximum Gasteiger partial charge on any atom is 0.410 e. The lowest BCUT2D eigenvalue weighted by Gasteiger charge is -2.33. The molecule has 1 aromatic carbocycles. The molecule has 1 fully saturated rings. The minimum Gasteiger partial charge on any atom is -0.494 e. The van der Waals surface area contributed by atoms with Gasteiger partial charge in [0.1, 0.15) is 11.4 Å². The van der Waals surface area contributed by atoms with Crippen LogP contribution in [0.4, 0.5) is 33.6 Å². The van der Waals surface area contributed by atoms with Crippen LogP contribution >= 0.6 is 0 Å². The number of nitrogens with one attached hydrogen (secondary N) is 2. The third-order valence-electron chi connectivity index (χ3n) is 6.40. The number of nitrogens with zero attached hydrogens (tertiary/aromatic N) is 5. The van der Waals surface area contributed by atoms with Crippen molar-refractivity contribution in [2.45, 2.75) is 65.5 Å². The normalized spacial score (nSPS) is 14.2. The molecule has 0 atom stereocenters. The summed E-state index contributed by atoms with van der Waals surface area (Å²) in [5.41, 5.74) is 7.73. The van der Waals surface area contributed by atoms with Crippen LogP contribution in [0.2, 0.25) is 0 Å². The summed E-state index contributed by atoms with van der Waals surface area (Å²) in [4.78, 5) is 22.9. The Morgan fingerprint density at radius 1 is 1.10 bits per heavy atom. The van der Waals surface area contributed by atoms with Crippen LogP contribution in [-0.2, 0) is 11.3 Å². The van der Waals surface area contributed by atoms with Crippen LogP contribution in [-0.4, -0.2) is 56.0 Å². The number of likely N-dealkylation sites (tertiary alicyclic amines) is 1. The molecule has 11 nitrogen and oxygen atoms in total. The standard InChI is InChI=1S/C28H40N8O3/c1-5-38-23-10-8-21(9-11-23)32-25-24(29)18-30-26(34-25)33-22-17-31-36(19-22)14-6-7-20-12-15-35(16-13-20)27(37)39-28(2,3)4/h8-11,17-20H,5-7,12-16,29H2,1-4H3,(H2,30,32,33,34). The molecule has 0 unspecified atom stereocenters. The molecule has 0 saturated carbocycles. The Labute approximate surface area is 230 Å². The highest BCUT2D eigenvalue weighted by Crippen LogP contribution is 2.26. The zero-order valence-corrected chi connectivity index (χ0v) is 23.3. The van der Waals surface area contributed by atoms with Gasteiger partial charge in [-0.25, -0.2) is 9.78 Å². The van der Waals surface area contributed by atoms with Crippen LogP contribution in [0.15, 0.2) is 42.9 Å². The number of hydrogen-bond donors (Lipinski definition) is 3. The molecular weight excluding hydrogens is 496 g/mol. The molecule has 210 valence electrons. The molecule has 1 aliphatic rings. The maximum atomic E-state index is 12.3. The first-order chi connectivity index (χ1) is 18.7.